The number of oxime groups is 1. The van der Waals surface area contributed by atoms with Crippen molar-refractivity contribution in [3.8, 4) is 0 Å². The van der Waals surface area contributed by atoms with Crippen molar-refractivity contribution in [3.63, 3.8) is 0 Å². The van der Waals surface area contributed by atoms with Crippen LogP contribution in [0.15, 0.2) is 29.4 Å². The number of aliphatic hydroxyl groups excluding tert-OH is 3. The largest absolute Gasteiger partial charge is 0.479 e. The van der Waals surface area contributed by atoms with E-state index in [1.54, 1.807) is 0 Å². The highest BCUT2D eigenvalue weighted by molar-refractivity contribution is 6.00. The molecule has 1 fully saturated rings. The summed E-state index contributed by atoms with van der Waals surface area (Å²) in [7, 11) is 1.52. The molecule has 1 saturated heterocycles. The van der Waals surface area contributed by atoms with Gasteiger partial charge in [-0.3, -0.25) is 0 Å². The predicted molar refractivity (Wildman–Crippen MR) is 99.1 cm³/mol. The highest BCUT2D eigenvalue weighted by Gasteiger charge is 2.48. The first-order valence-corrected chi connectivity index (χ1v) is 9.38. The Balaban J connectivity index is 2.21. The van der Waals surface area contributed by atoms with Crippen LogP contribution in [0.25, 0.3) is 0 Å². The maximum absolute atomic E-state index is 12.8. The smallest absolute Gasteiger partial charge is 0.416 e. The van der Waals surface area contributed by atoms with E-state index in [1.807, 2.05) is 0 Å². The number of aliphatic carboxylic acids is 1. The van der Waals surface area contributed by atoms with Crippen LogP contribution in [0.5, 0.6) is 0 Å². The Kier molecular flexibility index (Phi) is 8.77. The lowest BCUT2D eigenvalue weighted by atomic mass is 9.99. The van der Waals surface area contributed by atoms with Crippen molar-refractivity contribution in [2.24, 2.45) is 5.16 Å². The van der Waals surface area contributed by atoms with Crippen LogP contribution in [0.4, 0.5) is 13.2 Å². The molecule has 0 aromatic heterocycles. The number of carboxylic acids is 1. The number of benzene rings is 1. The van der Waals surface area contributed by atoms with Crippen molar-refractivity contribution in [2.75, 3.05) is 13.7 Å². The molecule has 0 bridgehead atoms. The number of unbranched alkanes of at least 4 members (excludes halogenated alkanes) is 1. The highest BCUT2D eigenvalue weighted by atomic mass is 19.4. The summed E-state index contributed by atoms with van der Waals surface area (Å²) in [6, 6.07) is 4.18. The van der Waals surface area contributed by atoms with Crippen molar-refractivity contribution in [1.82, 2.24) is 0 Å². The minimum Gasteiger partial charge on any atom is -0.479 e. The molecule has 12 heteroatoms. The van der Waals surface area contributed by atoms with E-state index in [2.05, 4.69) is 5.16 Å². The van der Waals surface area contributed by atoms with E-state index in [4.69, 9.17) is 19.4 Å². The number of carboxylic acid groups (broad SMARTS) is 1. The third kappa shape index (κ3) is 6.61. The van der Waals surface area contributed by atoms with E-state index in [9.17, 15) is 33.3 Å². The Morgan fingerprint density at radius 1 is 1.10 bits per heavy atom. The molecule has 5 unspecified atom stereocenters. The summed E-state index contributed by atoms with van der Waals surface area (Å²) in [4.78, 5) is 16.3. The molecule has 1 aliphatic heterocycles. The molecule has 0 spiro atoms. The van der Waals surface area contributed by atoms with E-state index in [0.29, 0.717) is 25.0 Å². The first kappa shape index (κ1) is 25.0. The van der Waals surface area contributed by atoms with Gasteiger partial charge < -0.3 is 34.7 Å². The fourth-order valence-corrected chi connectivity index (χ4v) is 2.89. The topological polar surface area (TPSA) is 138 Å². The number of hydrogen-bond donors (Lipinski definition) is 4. The van der Waals surface area contributed by atoms with Crippen LogP contribution in [0.1, 0.15) is 30.4 Å². The standard InChI is InChI=1S/C19H24F3NO8/c1-29-9-3-2-4-12(10-5-7-11(8-6-10)19(20,21)22)23-31-18-15(26)13(24)14(25)16(30-18)17(27)28/h5-8,13-16,18,24-26H,2-4,9H2,1H3,(H,27,28)/b23-12-. The monoisotopic (exact) mass is 451 g/mol. The van der Waals surface area contributed by atoms with Gasteiger partial charge in [0.1, 0.15) is 18.3 Å². The van der Waals surface area contributed by atoms with Gasteiger partial charge in [0.25, 0.3) is 6.29 Å². The number of rotatable bonds is 9. The average molecular weight is 451 g/mol. The van der Waals surface area contributed by atoms with Gasteiger partial charge in [-0.2, -0.15) is 13.2 Å². The summed E-state index contributed by atoms with van der Waals surface area (Å²) < 4.78 is 48.4. The zero-order chi connectivity index (χ0) is 23.2. The zero-order valence-corrected chi connectivity index (χ0v) is 16.5. The van der Waals surface area contributed by atoms with Gasteiger partial charge in [0, 0.05) is 13.7 Å². The Bertz CT molecular complexity index is 756. The van der Waals surface area contributed by atoms with Gasteiger partial charge in [0.05, 0.1) is 11.3 Å². The molecule has 1 aliphatic rings. The number of halogens is 3. The molecule has 0 amide bonds. The SMILES string of the molecule is COCCCC/C(=N/OC1OC(C(=O)O)C(O)C(O)C1O)c1ccc(C(F)(F)F)cc1. The maximum Gasteiger partial charge on any atom is 0.416 e. The summed E-state index contributed by atoms with van der Waals surface area (Å²) in [5.41, 5.74) is -0.317. The minimum atomic E-state index is -4.51. The van der Waals surface area contributed by atoms with Crippen LogP contribution in [-0.4, -0.2) is 76.5 Å². The Labute approximate surface area is 175 Å². The predicted octanol–water partition coefficient (Wildman–Crippen LogP) is 1.14. The van der Waals surface area contributed by atoms with Gasteiger partial charge in [0.15, 0.2) is 6.10 Å². The second-order valence-corrected chi connectivity index (χ2v) is 6.90. The normalized spacial score (nSPS) is 27.2. The number of hydrogen-bond acceptors (Lipinski definition) is 8. The Hall–Kier alpha value is -2.25. The summed E-state index contributed by atoms with van der Waals surface area (Å²) in [6.07, 6.45) is -12.2. The molecule has 0 aliphatic carbocycles. The molecule has 1 aromatic carbocycles. The molecule has 0 radical (unpaired) electrons. The molecule has 9 nitrogen and oxygen atoms in total. The lowest BCUT2D eigenvalue weighted by Crippen LogP contribution is -2.60. The van der Waals surface area contributed by atoms with E-state index >= 15 is 0 Å². The van der Waals surface area contributed by atoms with E-state index < -0.39 is 48.4 Å². The van der Waals surface area contributed by atoms with Crippen molar-refractivity contribution in [2.45, 2.75) is 56.1 Å². The first-order chi connectivity index (χ1) is 14.6. The number of carbonyl (C=O) groups is 1. The van der Waals surface area contributed by atoms with Crippen molar-refractivity contribution in [3.05, 3.63) is 35.4 Å². The van der Waals surface area contributed by atoms with Gasteiger partial charge >= 0.3 is 12.1 Å². The average Bonchev–Trinajstić information content (AvgIpc) is 2.72. The van der Waals surface area contributed by atoms with Crippen molar-refractivity contribution >= 4 is 11.7 Å². The number of nitrogens with zero attached hydrogens (tertiary/aromatic N) is 1. The molecular weight excluding hydrogens is 427 g/mol. The van der Waals surface area contributed by atoms with Crippen molar-refractivity contribution in [1.29, 1.82) is 0 Å². The van der Waals surface area contributed by atoms with Crippen LogP contribution in [0.3, 0.4) is 0 Å². The maximum atomic E-state index is 12.8. The Morgan fingerprint density at radius 3 is 2.29 bits per heavy atom. The van der Waals surface area contributed by atoms with Gasteiger partial charge in [-0.15, -0.1) is 0 Å². The van der Waals surface area contributed by atoms with Crippen LogP contribution in [0, 0.1) is 0 Å². The fraction of sp³-hybridized carbons (Fsp3) is 0.579. The molecule has 2 rings (SSSR count). The zero-order valence-electron chi connectivity index (χ0n) is 16.5. The molecule has 174 valence electrons. The highest BCUT2D eigenvalue weighted by Crippen LogP contribution is 2.29. The van der Waals surface area contributed by atoms with Crippen LogP contribution in [-0.2, 0) is 25.3 Å². The quantitative estimate of drug-likeness (QED) is 0.249. The molecule has 5 atom stereocenters. The van der Waals surface area contributed by atoms with Gasteiger partial charge in [0.2, 0.25) is 0 Å². The van der Waals surface area contributed by atoms with E-state index in [-0.39, 0.29) is 12.1 Å². The van der Waals surface area contributed by atoms with E-state index in [0.717, 1.165) is 12.1 Å². The first-order valence-electron chi connectivity index (χ1n) is 9.38. The molecule has 4 N–H and O–H groups in total. The third-order valence-electron chi connectivity index (χ3n) is 4.64. The lowest BCUT2D eigenvalue weighted by molar-refractivity contribution is -0.294. The van der Waals surface area contributed by atoms with Crippen LogP contribution >= 0.6 is 0 Å². The fourth-order valence-electron chi connectivity index (χ4n) is 2.89. The number of methoxy groups -OCH3 is 1. The van der Waals surface area contributed by atoms with Gasteiger partial charge in [-0.05, 0) is 37.0 Å². The Morgan fingerprint density at radius 2 is 1.74 bits per heavy atom. The molecule has 0 saturated carbocycles. The second-order valence-electron chi connectivity index (χ2n) is 6.90. The summed E-state index contributed by atoms with van der Waals surface area (Å²) in [5.74, 6) is -1.58. The van der Waals surface area contributed by atoms with Crippen LogP contribution < -0.4 is 0 Å². The van der Waals surface area contributed by atoms with E-state index in [1.165, 1.54) is 19.2 Å². The molecular formula is C19H24F3NO8. The molecule has 1 aromatic rings. The molecule has 31 heavy (non-hydrogen) atoms. The number of aliphatic hydroxyl groups is 3. The summed E-state index contributed by atoms with van der Waals surface area (Å²) in [5, 5.41) is 42.4. The van der Waals surface area contributed by atoms with Crippen molar-refractivity contribution < 1.29 is 52.7 Å². The minimum absolute atomic E-state index is 0.216. The van der Waals surface area contributed by atoms with Gasteiger partial charge in [-0.25, -0.2) is 4.79 Å². The second kappa shape index (κ2) is 10.9. The third-order valence-corrected chi connectivity index (χ3v) is 4.64. The number of alkyl halides is 3. The van der Waals surface area contributed by atoms with Gasteiger partial charge in [-0.1, -0.05) is 17.3 Å². The summed E-state index contributed by atoms with van der Waals surface area (Å²) in [6.45, 7) is 0.454. The molecule has 1 heterocycles. The summed E-state index contributed by atoms with van der Waals surface area (Å²) >= 11 is 0. The number of ether oxygens (including phenoxy) is 2. The van der Waals surface area contributed by atoms with Crippen LogP contribution in [0.2, 0.25) is 0 Å². The lowest BCUT2D eigenvalue weighted by Gasteiger charge is -2.37.